The number of carbonyl (C=O) groups excluding carboxylic acids is 2. The summed E-state index contributed by atoms with van der Waals surface area (Å²) in [5, 5.41) is 2.76. The highest BCUT2D eigenvalue weighted by Gasteiger charge is 2.38. The lowest BCUT2D eigenvalue weighted by atomic mass is 9.94. The Morgan fingerprint density at radius 2 is 1.83 bits per heavy atom. The lowest BCUT2D eigenvalue weighted by Gasteiger charge is -2.39. The molecule has 29 heavy (non-hydrogen) atoms. The number of rotatable bonds is 6. The largest absolute Gasteiger partial charge is 0.463 e. The van der Waals surface area contributed by atoms with Gasteiger partial charge in [0.15, 0.2) is 0 Å². The van der Waals surface area contributed by atoms with Crippen molar-refractivity contribution < 1.29 is 18.7 Å². The number of urea groups is 1. The zero-order valence-electron chi connectivity index (χ0n) is 17.3. The third-order valence-electron chi connectivity index (χ3n) is 5.57. The summed E-state index contributed by atoms with van der Waals surface area (Å²) in [5.41, 5.74) is 1.10. The molecule has 1 aromatic carbocycles. The molecule has 2 amide bonds. The molecule has 1 aromatic rings. The summed E-state index contributed by atoms with van der Waals surface area (Å²) < 4.78 is 19.8. The minimum Gasteiger partial charge on any atom is -0.463 e. The van der Waals surface area contributed by atoms with Gasteiger partial charge in [-0.15, -0.1) is 0 Å². The Labute approximate surface area is 171 Å². The van der Waals surface area contributed by atoms with Gasteiger partial charge in [-0.05, 0) is 19.5 Å². The number of nitrogens with one attached hydrogen (secondary N) is 1. The van der Waals surface area contributed by atoms with Crippen LogP contribution < -0.4 is 5.32 Å². The summed E-state index contributed by atoms with van der Waals surface area (Å²) >= 11 is 0. The number of piperazine rings is 1. The standard InChI is InChI=1S/C21H29FN4O3/c1-4-25-10-12-26(13-11-25)14-17-18(20(27)29-5-2)19(23-21(28)24(17)3)15-8-6-7-9-16(15)22/h6-9,19H,4-5,10-14H2,1-3H3,(H,23,28). The molecule has 2 heterocycles. The molecule has 1 atom stereocenters. The van der Waals surface area contributed by atoms with Crippen molar-refractivity contribution in [2.24, 2.45) is 0 Å². The first kappa shape index (κ1) is 21.3. The van der Waals surface area contributed by atoms with E-state index in [0.29, 0.717) is 12.2 Å². The maximum atomic E-state index is 14.5. The highest BCUT2D eigenvalue weighted by molar-refractivity contribution is 5.95. The average Bonchev–Trinajstić information content (AvgIpc) is 2.72. The molecular formula is C21H29FN4O3. The predicted octanol–water partition coefficient (Wildman–Crippen LogP) is 1.98. The maximum Gasteiger partial charge on any atom is 0.338 e. The quantitative estimate of drug-likeness (QED) is 0.735. The monoisotopic (exact) mass is 404 g/mol. The molecule has 1 N–H and O–H groups in total. The molecule has 8 heteroatoms. The van der Waals surface area contributed by atoms with Gasteiger partial charge in [-0.25, -0.2) is 14.0 Å². The molecule has 2 aliphatic rings. The van der Waals surface area contributed by atoms with E-state index in [-0.39, 0.29) is 23.8 Å². The fraction of sp³-hybridized carbons (Fsp3) is 0.524. The summed E-state index contributed by atoms with van der Waals surface area (Å²) in [6, 6.07) is 4.93. The summed E-state index contributed by atoms with van der Waals surface area (Å²) in [5.74, 6) is -1.00. The topological polar surface area (TPSA) is 65.1 Å². The van der Waals surface area contributed by atoms with Crippen molar-refractivity contribution in [3.05, 3.63) is 46.9 Å². The van der Waals surface area contributed by atoms with Crippen LogP contribution >= 0.6 is 0 Å². The van der Waals surface area contributed by atoms with Gasteiger partial charge in [-0.3, -0.25) is 9.80 Å². The number of halogens is 1. The Balaban J connectivity index is 1.99. The molecule has 0 aliphatic carbocycles. The highest BCUT2D eigenvalue weighted by Crippen LogP contribution is 2.32. The Morgan fingerprint density at radius 3 is 2.45 bits per heavy atom. The van der Waals surface area contributed by atoms with E-state index in [1.165, 1.54) is 11.0 Å². The first-order chi connectivity index (χ1) is 14.0. The van der Waals surface area contributed by atoms with E-state index < -0.39 is 17.8 Å². The van der Waals surface area contributed by atoms with Crippen molar-refractivity contribution in [2.75, 3.05) is 52.9 Å². The second kappa shape index (κ2) is 9.37. The Morgan fingerprint density at radius 1 is 1.17 bits per heavy atom. The number of amides is 2. The summed E-state index contributed by atoms with van der Waals surface area (Å²) in [6.45, 7) is 9.05. The minimum atomic E-state index is -0.883. The number of ether oxygens (including phenoxy) is 1. The van der Waals surface area contributed by atoms with E-state index in [1.54, 1.807) is 32.2 Å². The number of hydrogen-bond acceptors (Lipinski definition) is 5. The zero-order chi connectivity index (χ0) is 21.0. The number of hydrogen-bond donors (Lipinski definition) is 1. The third kappa shape index (κ3) is 4.59. The van der Waals surface area contributed by atoms with Crippen LogP contribution in [0.4, 0.5) is 9.18 Å². The first-order valence-corrected chi connectivity index (χ1v) is 10.1. The van der Waals surface area contributed by atoms with Gasteiger partial charge in [-0.1, -0.05) is 25.1 Å². The van der Waals surface area contributed by atoms with Crippen molar-refractivity contribution in [2.45, 2.75) is 19.9 Å². The van der Waals surface area contributed by atoms with E-state index in [9.17, 15) is 14.0 Å². The second-order valence-corrected chi connectivity index (χ2v) is 7.25. The molecule has 0 radical (unpaired) electrons. The van der Waals surface area contributed by atoms with Crippen molar-refractivity contribution in [1.29, 1.82) is 0 Å². The van der Waals surface area contributed by atoms with Gasteiger partial charge in [0, 0.05) is 51.0 Å². The highest BCUT2D eigenvalue weighted by atomic mass is 19.1. The average molecular weight is 404 g/mol. The molecule has 1 fully saturated rings. The number of esters is 1. The van der Waals surface area contributed by atoms with E-state index in [0.717, 1.165) is 32.7 Å². The molecule has 2 aliphatic heterocycles. The number of likely N-dealkylation sites (N-methyl/N-ethyl adjacent to an activating group) is 2. The predicted molar refractivity (Wildman–Crippen MR) is 108 cm³/mol. The van der Waals surface area contributed by atoms with Gasteiger partial charge in [0.25, 0.3) is 0 Å². The molecule has 158 valence electrons. The van der Waals surface area contributed by atoms with Crippen molar-refractivity contribution in [3.63, 3.8) is 0 Å². The molecule has 3 rings (SSSR count). The lowest BCUT2D eigenvalue weighted by Crippen LogP contribution is -2.52. The van der Waals surface area contributed by atoms with Crippen LogP contribution in [0.1, 0.15) is 25.5 Å². The SMILES string of the molecule is CCOC(=O)C1=C(CN2CCN(CC)CC2)N(C)C(=O)NC1c1ccccc1F. The van der Waals surface area contributed by atoms with Crippen LogP contribution in [0.15, 0.2) is 35.5 Å². The van der Waals surface area contributed by atoms with Crippen LogP contribution in [0.5, 0.6) is 0 Å². The number of benzene rings is 1. The van der Waals surface area contributed by atoms with Gasteiger partial charge in [-0.2, -0.15) is 0 Å². The minimum absolute atomic E-state index is 0.201. The second-order valence-electron chi connectivity index (χ2n) is 7.25. The van der Waals surface area contributed by atoms with Gasteiger partial charge < -0.3 is 15.0 Å². The Bertz CT molecular complexity index is 790. The zero-order valence-corrected chi connectivity index (χ0v) is 17.3. The molecular weight excluding hydrogens is 375 g/mol. The van der Waals surface area contributed by atoms with Crippen molar-refractivity contribution >= 4 is 12.0 Å². The van der Waals surface area contributed by atoms with Crippen LogP contribution in [-0.4, -0.2) is 79.6 Å². The lowest BCUT2D eigenvalue weighted by molar-refractivity contribution is -0.139. The van der Waals surface area contributed by atoms with Crippen LogP contribution in [0, 0.1) is 5.82 Å². The van der Waals surface area contributed by atoms with Crippen LogP contribution in [0.2, 0.25) is 0 Å². The summed E-state index contributed by atoms with van der Waals surface area (Å²) in [4.78, 5) is 31.5. The number of carbonyl (C=O) groups is 2. The first-order valence-electron chi connectivity index (χ1n) is 10.1. The fourth-order valence-electron chi connectivity index (χ4n) is 3.82. The van der Waals surface area contributed by atoms with Gasteiger partial charge in [0.05, 0.1) is 18.2 Å². The fourth-order valence-corrected chi connectivity index (χ4v) is 3.82. The van der Waals surface area contributed by atoms with E-state index in [2.05, 4.69) is 22.0 Å². The van der Waals surface area contributed by atoms with E-state index >= 15 is 0 Å². The van der Waals surface area contributed by atoms with Gasteiger partial charge in [0.1, 0.15) is 5.82 Å². The molecule has 1 unspecified atom stereocenters. The summed E-state index contributed by atoms with van der Waals surface area (Å²) in [6.07, 6.45) is 0. The molecule has 0 aromatic heterocycles. The normalized spacial score (nSPS) is 21.3. The van der Waals surface area contributed by atoms with Gasteiger partial charge >= 0.3 is 12.0 Å². The Kier molecular flexibility index (Phi) is 6.87. The third-order valence-corrected chi connectivity index (χ3v) is 5.57. The molecule has 1 saturated heterocycles. The maximum absolute atomic E-state index is 14.5. The van der Waals surface area contributed by atoms with E-state index in [1.807, 2.05) is 0 Å². The Hall–Kier alpha value is -2.45. The number of nitrogens with zero attached hydrogens (tertiary/aromatic N) is 3. The van der Waals surface area contributed by atoms with Crippen LogP contribution in [0.25, 0.3) is 0 Å². The van der Waals surface area contributed by atoms with E-state index in [4.69, 9.17) is 4.74 Å². The van der Waals surface area contributed by atoms with Crippen molar-refractivity contribution in [1.82, 2.24) is 20.0 Å². The smallest absolute Gasteiger partial charge is 0.338 e. The molecule has 0 spiro atoms. The van der Waals surface area contributed by atoms with Crippen LogP contribution in [0.3, 0.4) is 0 Å². The summed E-state index contributed by atoms with van der Waals surface area (Å²) in [7, 11) is 1.63. The van der Waals surface area contributed by atoms with Crippen LogP contribution in [-0.2, 0) is 9.53 Å². The van der Waals surface area contributed by atoms with Crippen molar-refractivity contribution in [3.8, 4) is 0 Å². The molecule has 0 bridgehead atoms. The molecule has 0 saturated carbocycles. The molecule has 7 nitrogen and oxygen atoms in total. The van der Waals surface area contributed by atoms with Gasteiger partial charge in [0.2, 0.25) is 0 Å².